The van der Waals surface area contributed by atoms with E-state index in [0.29, 0.717) is 12.8 Å². The number of fused-ring (bicyclic) bond motifs is 4. The molecule has 10 unspecified atom stereocenters. The minimum absolute atomic E-state index is 0.0537. The molecule has 3 saturated heterocycles. The molecule has 3 aromatic rings. The smallest absolute Gasteiger partial charge is 0.202 e. The number of phenols is 2. The zero-order valence-electron chi connectivity index (χ0n) is 28.4. The first-order chi connectivity index (χ1) is 23.1. The van der Waals surface area contributed by atoms with Crippen molar-refractivity contribution in [2.24, 2.45) is 0 Å². The first-order valence-corrected chi connectivity index (χ1v) is 16.5. The van der Waals surface area contributed by atoms with Gasteiger partial charge in [0, 0.05) is 41.8 Å². The average Bonchev–Trinajstić information content (AvgIpc) is 3.69. The van der Waals surface area contributed by atoms with Gasteiger partial charge in [0.05, 0.1) is 41.6 Å². The zero-order valence-corrected chi connectivity index (χ0v) is 28.4. The summed E-state index contributed by atoms with van der Waals surface area (Å²) in [6.07, 6.45) is -3.86. The van der Waals surface area contributed by atoms with Crippen LogP contribution in [0, 0.1) is 0 Å². The highest BCUT2D eigenvalue weighted by molar-refractivity contribution is 6.32. The number of aliphatic hydroxyl groups excluding tert-OH is 1. The first kappa shape index (κ1) is 33.8. The highest BCUT2D eigenvalue weighted by atomic mass is 16.7. The van der Waals surface area contributed by atoms with E-state index in [9.17, 15) is 29.7 Å². The van der Waals surface area contributed by atoms with E-state index in [-0.39, 0.29) is 50.7 Å². The lowest BCUT2D eigenvalue weighted by Crippen LogP contribution is -2.62. The fourth-order valence-electron chi connectivity index (χ4n) is 7.69. The van der Waals surface area contributed by atoms with E-state index in [1.807, 2.05) is 13.8 Å². The third kappa shape index (κ3) is 5.13. The van der Waals surface area contributed by atoms with Gasteiger partial charge in [-0.3, -0.25) is 14.4 Å². The lowest BCUT2D eigenvalue weighted by Gasteiger charge is -2.49. The number of methoxy groups -OCH3 is 1. The largest absolute Gasteiger partial charge is 0.507 e. The molecule has 7 rings (SSSR count). The second kappa shape index (κ2) is 11.7. The Hall–Kier alpha value is -3.69. The average molecular weight is 680 g/mol. The van der Waals surface area contributed by atoms with Crippen LogP contribution in [0.2, 0.25) is 0 Å². The number of benzene rings is 2. The van der Waals surface area contributed by atoms with Crippen molar-refractivity contribution in [1.82, 2.24) is 5.32 Å². The number of hydrogen-bond donors (Lipinski definition) is 4. The molecule has 0 spiro atoms. The van der Waals surface area contributed by atoms with E-state index in [1.165, 1.54) is 19.2 Å². The van der Waals surface area contributed by atoms with Gasteiger partial charge < -0.3 is 48.7 Å². The van der Waals surface area contributed by atoms with Gasteiger partial charge in [0.25, 0.3) is 0 Å². The SMILES string of the molecule is CNC1(C)CC(c2ccc3c(c2O)C(=O)c2c(cc(O)c4c(=O)cc(C5(C)OC5C)oc24)C3=O)OC(C)C1OC1CC(OC)C(O)C(C)O1. The number of likely N-dealkylation sites (N-methyl/N-ethyl adjacent to an activating group) is 1. The van der Waals surface area contributed by atoms with Crippen LogP contribution in [-0.2, 0) is 29.3 Å². The maximum Gasteiger partial charge on any atom is 0.202 e. The van der Waals surface area contributed by atoms with Gasteiger partial charge in [-0.05, 0) is 60.2 Å². The van der Waals surface area contributed by atoms with Gasteiger partial charge in [0.2, 0.25) is 5.78 Å². The summed E-state index contributed by atoms with van der Waals surface area (Å²) in [5.41, 5.74) is -2.84. The van der Waals surface area contributed by atoms with Crippen molar-refractivity contribution in [2.45, 2.75) is 108 Å². The van der Waals surface area contributed by atoms with Gasteiger partial charge >= 0.3 is 0 Å². The second-order valence-corrected chi connectivity index (χ2v) is 14.0. The van der Waals surface area contributed by atoms with E-state index in [1.54, 1.807) is 33.9 Å². The highest BCUT2D eigenvalue weighted by Gasteiger charge is 2.54. The number of carbonyl (C=O) groups excluding carboxylic acids is 2. The number of hydrogen-bond acceptors (Lipinski definition) is 13. The molecule has 262 valence electrons. The normalized spacial score (nSPS) is 35.7. The quantitative estimate of drug-likeness (QED) is 0.218. The number of epoxide rings is 1. The summed E-state index contributed by atoms with van der Waals surface area (Å²) in [5, 5.41) is 36.1. The molecular weight excluding hydrogens is 638 g/mol. The minimum Gasteiger partial charge on any atom is -0.507 e. The third-order valence-corrected chi connectivity index (χ3v) is 11.0. The molecule has 0 bridgehead atoms. The van der Waals surface area contributed by atoms with Gasteiger partial charge in [0.15, 0.2) is 23.1 Å². The summed E-state index contributed by atoms with van der Waals surface area (Å²) in [6, 6.07) is 5.33. The van der Waals surface area contributed by atoms with Crippen LogP contribution in [0.3, 0.4) is 0 Å². The lowest BCUT2D eigenvalue weighted by atomic mass is 9.78. The molecule has 4 aliphatic rings. The summed E-state index contributed by atoms with van der Waals surface area (Å²) in [7, 11) is 3.32. The Balaban J connectivity index is 1.24. The van der Waals surface area contributed by atoms with Gasteiger partial charge in [-0.1, -0.05) is 6.07 Å². The monoisotopic (exact) mass is 679 g/mol. The summed E-state index contributed by atoms with van der Waals surface area (Å²) in [4.78, 5) is 41.3. The van der Waals surface area contributed by atoms with Crippen molar-refractivity contribution in [2.75, 3.05) is 14.2 Å². The van der Waals surface area contributed by atoms with Crippen LogP contribution in [0.1, 0.15) is 96.7 Å². The molecule has 13 nitrogen and oxygen atoms in total. The Morgan fingerprint density at radius 1 is 0.959 bits per heavy atom. The molecule has 0 radical (unpaired) electrons. The Kier molecular flexibility index (Phi) is 8.06. The van der Waals surface area contributed by atoms with Crippen molar-refractivity contribution >= 4 is 22.5 Å². The number of carbonyl (C=O) groups is 2. The van der Waals surface area contributed by atoms with Crippen LogP contribution in [0.4, 0.5) is 0 Å². The molecule has 3 aliphatic heterocycles. The van der Waals surface area contributed by atoms with Gasteiger partial charge in [-0.2, -0.15) is 0 Å². The molecule has 1 aromatic heterocycles. The van der Waals surface area contributed by atoms with Crippen molar-refractivity contribution < 1.29 is 53.0 Å². The highest BCUT2D eigenvalue weighted by Crippen LogP contribution is 2.49. The van der Waals surface area contributed by atoms with E-state index < -0.39 is 82.5 Å². The Bertz CT molecular complexity index is 1940. The molecule has 0 amide bonds. The van der Waals surface area contributed by atoms with E-state index in [4.69, 9.17) is 28.1 Å². The number of phenolic OH excluding ortho intramolecular Hbond substituents is 2. The second-order valence-electron chi connectivity index (χ2n) is 14.0. The molecule has 1 aliphatic carbocycles. The molecule has 4 N–H and O–H groups in total. The maximum atomic E-state index is 14.3. The van der Waals surface area contributed by atoms with E-state index in [0.717, 1.165) is 6.07 Å². The third-order valence-electron chi connectivity index (χ3n) is 11.0. The van der Waals surface area contributed by atoms with Crippen molar-refractivity contribution in [1.29, 1.82) is 0 Å². The predicted octanol–water partition coefficient (Wildman–Crippen LogP) is 3.34. The van der Waals surface area contributed by atoms with Crippen LogP contribution in [0.25, 0.3) is 11.0 Å². The lowest BCUT2D eigenvalue weighted by molar-refractivity contribution is -0.293. The Morgan fingerprint density at radius 3 is 2.33 bits per heavy atom. The van der Waals surface area contributed by atoms with E-state index >= 15 is 0 Å². The Morgan fingerprint density at radius 2 is 1.67 bits per heavy atom. The molecule has 10 atom stereocenters. The van der Waals surface area contributed by atoms with Gasteiger partial charge in [0.1, 0.15) is 40.5 Å². The first-order valence-electron chi connectivity index (χ1n) is 16.5. The van der Waals surface area contributed by atoms with Crippen LogP contribution in [0.5, 0.6) is 11.5 Å². The number of ether oxygens (including phenoxy) is 5. The number of ketones is 2. The molecule has 49 heavy (non-hydrogen) atoms. The van der Waals surface area contributed by atoms with Crippen molar-refractivity contribution in [3.05, 3.63) is 68.1 Å². The summed E-state index contributed by atoms with van der Waals surface area (Å²) in [6.45, 7) is 9.10. The molecule has 2 aromatic carbocycles. The summed E-state index contributed by atoms with van der Waals surface area (Å²) >= 11 is 0. The number of aliphatic hydroxyl groups is 1. The summed E-state index contributed by atoms with van der Waals surface area (Å²) in [5.74, 6) is -2.12. The maximum absolute atomic E-state index is 14.3. The van der Waals surface area contributed by atoms with Crippen molar-refractivity contribution in [3.63, 3.8) is 0 Å². The zero-order chi connectivity index (χ0) is 35.3. The topological polar surface area (TPSA) is 187 Å². The molecular formula is C36H41NO12. The Labute approximate surface area is 282 Å². The number of nitrogens with one attached hydrogen (secondary N) is 1. The molecule has 4 heterocycles. The molecule has 0 saturated carbocycles. The van der Waals surface area contributed by atoms with E-state index in [2.05, 4.69) is 5.32 Å². The van der Waals surface area contributed by atoms with Crippen LogP contribution >= 0.6 is 0 Å². The summed E-state index contributed by atoms with van der Waals surface area (Å²) < 4.78 is 36.0. The van der Waals surface area contributed by atoms with Crippen molar-refractivity contribution in [3.8, 4) is 11.5 Å². The van der Waals surface area contributed by atoms with Gasteiger partial charge in [-0.25, -0.2) is 0 Å². The van der Waals surface area contributed by atoms with Crippen LogP contribution in [-0.4, -0.2) is 89.5 Å². The minimum atomic E-state index is -0.911. The fourth-order valence-corrected chi connectivity index (χ4v) is 7.69. The number of rotatable bonds is 6. The number of aromatic hydroxyl groups is 2. The van der Waals surface area contributed by atoms with Crippen LogP contribution in [0.15, 0.2) is 33.5 Å². The molecule has 13 heteroatoms. The fraction of sp³-hybridized carbons (Fsp3) is 0.528. The predicted molar refractivity (Wildman–Crippen MR) is 173 cm³/mol. The molecule has 3 fully saturated rings. The van der Waals surface area contributed by atoms with Crippen LogP contribution < -0.4 is 10.7 Å². The standard InChI is InChI=1S/C36H41NO12/c1-14-29(40)22(44-7)12-25(46-14)48-34-15(2)45-23(13-35(34,4)37-6)17-8-9-18-26(31(17)42)32(43)27-19(30(18)41)10-20(38)28-21(39)11-24(47-33(27)28)36(5)16(3)49-36/h8-11,14-16,22-23,25,29,34,37-38,40,42H,12-13H2,1-7H3. The van der Waals surface area contributed by atoms with Gasteiger partial charge in [-0.15, -0.1) is 0 Å².